The number of halogens is 2. The van der Waals surface area contributed by atoms with Crippen LogP contribution in [-0.2, 0) is 0 Å². The molecule has 0 bridgehead atoms. The molecule has 0 saturated heterocycles. The summed E-state index contributed by atoms with van der Waals surface area (Å²) in [4.78, 5) is 23.6. The number of benzene rings is 1. The predicted molar refractivity (Wildman–Crippen MR) is 98.3 cm³/mol. The standard InChI is InChI=1S/C18H18F2N6O/c1-8(2)25-18(27)10-6-23-17-16(10)26-13(7-24-17)15(21)14-11(20)4-9(19)5-12(14)22-3/h4-8,21-22H,1-3H3,(H,23,24)(H,25,27). The molecule has 1 aromatic carbocycles. The van der Waals surface area contributed by atoms with Crippen LogP contribution in [0.3, 0.4) is 0 Å². The third kappa shape index (κ3) is 3.48. The second kappa shape index (κ2) is 7.10. The number of rotatable bonds is 5. The Balaban J connectivity index is 2.08. The zero-order chi connectivity index (χ0) is 19.7. The van der Waals surface area contributed by atoms with Gasteiger partial charge in [0.1, 0.15) is 22.8 Å². The van der Waals surface area contributed by atoms with Gasteiger partial charge < -0.3 is 15.6 Å². The molecule has 2 heterocycles. The number of nitrogens with one attached hydrogen (secondary N) is 4. The predicted octanol–water partition coefficient (Wildman–Crippen LogP) is 2.83. The first-order valence-corrected chi connectivity index (χ1v) is 8.23. The number of carbonyl (C=O) groups is 1. The highest BCUT2D eigenvalue weighted by Crippen LogP contribution is 2.24. The van der Waals surface area contributed by atoms with Crippen molar-refractivity contribution < 1.29 is 13.6 Å². The van der Waals surface area contributed by atoms with Crippen molar-refractivity contribution in [1.29, 1.82) is 5.41 Å². The van der Waals surface area contributed by atoms with Crippen LogP contribution in [0.25, 0.3) is 11.2 Å². The summed E-state index contributed by atoms with van der Waals surface area (Å²) in [5.41, 5.74) is 0.681. The second-order valence-corrected chi connectivity index (χ2v) is 6.22. The lowest BCUT2D eigenvalue weighted by atomic mass is 10.0. The van der Waals surface area contributed by atoms with Crippen LogP contribution in [0.5, 0.6) is 0 Å². The first-order chi connectivity index (χ1) is 12.8. The maximum Gasteiger partial charge on any atom is 0.255 e. The lowest BCUT2D eigenvalue weighted by Crippen LogP contribution is -2.30. The Morgan fingerprint density at radius 3 is 2.70 bits per heavy atom. The van der Waals surface area contributed by atoms with Crippen LogP contribution in [0.15, 0.2) is 24.5 Å². The molecule has 140 valence electrons. The van der Waals surface area contributed by atoms with E-state index in [1.807, 2.05) is 13.8 Å². The lowest BCUT2D eigenvalue weighted by Gasteiger charge is -2.12. The van der Waals surface area contributed by atoms with Crippen LogP contribution < -0.4 is 10.6 Å². The third-order valence-electron chi connectivity index (χ3n) is 3.88. The minimum atomic E-state index is -0.891. The summed E-state index contributed by atoms with van der Waals surface area (Å²) < 4.78 is 27.7. The molecule has 0 fully saturated rings. The molecule has 2 aromatic heterocycles. The Hall–Kier alpha value is -3.36. The summed E-state index contributed by atoms with van der Waals surface area (Å²) >= 11 is 0. The van der Waals surface area contributed by atoms with Gasteiger partial charge in [0.05, 0.1) is 23.0 Å². The van der Waals surface area contributed by atoms with Crippen molar-refractivity contribution in [2.45, 2.75) is 19.9 Å². The molecule has 0 spiro atoms. The Bertz CT molecular complexity index is 1040. The van der Waals surface area contributed by atoms with Crippen molar-refractivity contribution in [3.05, 3.63) is 53.0 Å². The number of anilines is 1. The number of fused-ring (bicyclic) bond motifs is 1. The fourth-order valence-corrected chi connectivity index (χ4v) is 2.68. The van der Waals surface area contributed by atoms with Gasteiger partial charge in [0, 0.05) is 31.0 Å². The van der Waals surface area contributed by atoms with E-state index in [0.29, 0.717) is 11.7 Å². The van der Waals surface area contributed by atoms with Crippen LogP contribution in [-0.4, -0.2) is 39.7 Å². The summed E-state index contributed by atoms with van der Waals surface area (Å²) in [6, 6.07) is 1.73. The molecule has 27 heavy (non-hydrogen) atoms. The van der Waals surface area contributed by atoms with E-state index in [1.54, 1.807) is 0 Å². The fraction of sp³-hybridized carbons (Fsp3) is 0.222. The van der Waals surface area contributed by atoms with E-state index in [-0.39, 0.29) is 45.7 Å². The minimum Gasteiger partial charge on any atom is -0.387 e. The largest absolute Gasteiger partial charge is 0.387 e. The molecule has 7 nitrogen and oxygen atoms in total. The van der Waals surface area contributed by atoms with Crippen LogP contribution in [0, 0.1) is 17.0 Å². The van der Waals surface area contributed by atoms with E-state index in [1.165, 1.54) is 19.4 Å². The van der Waals surface area contributed by atoms with Gasteiger partial charge in [0.2, 0.25) is 0 Å². The number of amides is 1. The van der Waals surface area contributed by atoms with Gasteiger partial charge in [0.15, 0.2) is 5.65 Å². The summed E-state index contributed by atoms with van der Waals surface area (Å²) in [5.74, 6) is -1.98. The van der Waals surface area contributed by atoms with Crippen LogP contribution in [0.2, 0.25) is 0 Å². The number of aromatic amines is 1. The number of aromatic nitrogens is 3. The molecule has 0 aliphatic rings. The number of H-pyrrole nitrogens is 1. The Morgan fingerprint density at radius 1 is 1.30 bits per heavy atom. The minimum absolute atomic E-state index is 0.0581. The Labute approximate surface area is 153 Å². The molecule has 0 aliphatic carbocycles. The molecule has 0 radical (unpaired) electrons. The van der Waals surface area contributed by atoms with Gasteiger partial charge in [-0.1, -0.05) is 0 Å². The van der Waals surface area contributed by atoms with Gasteiger partial charge in [-0.25, -0.2) is 18.7 Å². The molecular formula is C18H18F2N6O. The molecule has 0 unspecified atom stereocenters. The van der Waals surface area contributed by atoms with Crippen molar-refractivity contribution in [1.82, 2.24) is 20.3 Å². The van der Waals surface area contributed by atoms with E-state index in [9.17, 15) is 13.6 Å². The van der Waals surface area contributed by atoms with Crippen molar-refractivity contribution in [2.24, 2.45) is 0 Å². The van der Waals surface area contributed by atoms with E-state index in [0.717, 1.165) is 6.07 Å². The zero-order valence-corrected chi connectivity index (χ0v) is 14.9. The average molecular weight is 372 g/mol. The van der Waals surface area contributed by atoms with Crippen molar-refractivity contribution >= 4 is 28.5 Å². The van der Waals surface area contributed by atoms with Crippen LogP contribution >= 0.6 is 0 Å². The van der Waals surface area contributed by atoms with E-state index >= 15 is 0 Å². The van der Waals surface area contributed by atoms with Crippen molar-refractivity contribution in [3.63, 3.8) is 0 Å². The molecular weight excluding hydrogens is 354 g/mol. The summed E-state index contributed by atoms with van der Waals surface area (Å²) in [5, 5.41) is 13.8. The number of nitrogens with zero attached hydrogens (tertiary/aromatic N) is 2. The monoisotopic (exact) mass is 372 g/mol. The summed E-state index contributed by atoms with van der Waals surface area (Å²) in [7, 11) is 1.50. The molecule has 1 amide bonds. The lowest BCUT2D eigenvalue weighted by molar-refractivity contribution is 0.0944. The maximum absolute atomic E-state index is 14.3. The molecule has 4 N–H and O–H groups in total. The Kier molecular flexibility index (Phi) is 4.85. The molecule has 3 aromatic rings. The smallest absolute Gasteiger partial charge is 0.255 e. The van der Waals surface area contributed by atoms with Crippen LogP contribution in [0.1, 0.15) is 35.5 Å². The molecule has 0 aliphatic heterocycles. The molecule has 9 heteroatoms. The number of carbonyl (C=O) groups excluding carboxylic acids is 1. The van der Waals surface area contributed by atoms with Gasteiger partial charge in [-0.2, -0.15) is 0 Å². The van der Waals surface area contributed by atoms with Crippen LogP contribution in [0.4, 0.5) is 14.5 Å². The van der Waals surface area contributed by atoms with Gasteiger partial charge in [-0.15, -0.1) is 0 Å². The maximum atomic E-state index is 14.3. The first-order valence-electron chi connectivity index (χ1n) is 8.23. The normalized spacial score (nSPS) is 11.0. The third-order valence-corrected chi connectivity index (χ3v) is 3.88. The topological polar surface area (TPSA) is 107 Å². The molecule has 0 saturated carbocycles. The highest BCUT2D eigenvalue weighted by Gasteiger charge is 2.20. The van der Waals surface area contributed by atoms with Crippen molar-refractivity contribution in [2.75, 3.05) is 12.4 Å². The quantitative estimate of drug-likeness (QED) is 0.517. The molecule has 0 atom stereocenters. The van der Waals surface area contributed by atoms with Gasteiger partial charge in [0.25, 0.3) is 5.91 Å². The Morgan fingerprint density at radius 2 is 2.04 bits per heavy atom. The van der Waals surface area contributed by atoms with Gasteiger partial charge in [-0.3, -0.25) is 10.2 Å². The second-order valence-electron chi connectivity index (χ2n) is 6.22. The van der Waals surface area contributed by atoms with Gasteiger partial charge in [-0.05, 0) is 19.9 Å². The van der Waals surface area contributed by atoms with Crippen molar-refractivity contribution in [3.8, 4) is 0 Å². The highest BCUT2D eigenvalue weighted by atomic mass is 19.1. The van der Waals surface area contributed by atoms with E-state index in [4.69, 9.17) is 5.41 Å². The zero-order valence-electron chi connectivity index (χ0n) is 14.9. The van der Waals surface area contributed by atoms with Gasteiger partial charge >= 0.3 is 0 Å². The summed E-state index contributed by atoms with van der Waals surface area (Å²) in [6.45, 7) is 3.66. The fourth-order valence-electron chi connectivity index (χ4n) is 2.68. The number of hydrogen-bond acceptors (Lipinski definition) is 5. The van der Waals surface area contributed by atoms with E-state index in [2.05, 4.69) is 25.6 Å². The van der Waals surface area contributed by atoms with E-state index < -0.39 is 11.6 Å². The SMILES string of the molecule is CNc1cc(F)cc(F)c1C(=N)c1cnc2[nH]cc(C(=O)NC(C)C)c2n1. The highest BCUT2D eigenvalue weighted by molar-refractivity contribution is 6.14. The summed E-state index contributed by atoms with van der Waals surface area (Å²) in [6.07, 6.45) is 2.78. The first kappa shape index (κ1) is 18.4. The average Bonchev–Trinajstić information content (AvgIpc) is 3.03. The number of hydrogen-bond donors (Lipinski definition) is 4. The molecule has 3 rings (SSSR count).